The fourth-order valence-corrected chi connectivity index (χ4v) is 5.26. The SMILES string of the molecule is CN(C)C(=O)c1ccc(S(=O)(=O)NC2CCS(=O)(=O)C2)cc1. The Morgan fingerprint density at radius 1 is 1.23 bits per heavy atom. The van der Waals surface area contributed by atoms with E-state index in [0.717, 1.165) is 0 Å². The molecule has 1 saturated heterocycles. The molecule has 0 spiro atoms. The van der Waals surface area contributed by atoms with Crippen LogP contribution in [0.25, 0.3) is 0 Å². The summed E-state index contributed by atoms with van der Waals surface area (Å²) in [5.41, 5.74) is 0.382. The molecule has 0 saturated carbocycles. The van der Waals surface area contributed by atoms with Gasteiger partial charge in [0.2, 0.25) is 10.0 Å². The summed E-state index contributed by atoms with van der Waals surface area (Å²) in [6.45, 7) is 0. The number of carbonyl (C=O) groups is 1. The molecule has 1 aliphatic heterocycles. The zero-order valence-corrected chi connectivity index (χ0v) is 13.9. The van der Waals surface area contributed by atoms with E-state index in [-0.39, 0.29) is 28.7 Å². The van der Waals surface area contributed by atoms with Crippen LogP contribution in [0.4, 0.5) is 0 Å². The quantitative estimate of drug-likeness (QED) is 0.817. The maximum Gasteiger partial charge on any atom is 0.253 e. The second kappa shape index (κ2) is 5.98. The summed E-state index contributed by atoms with van der Waals surface area (Å²) in [6, 6.07) is 4.94. The predicted molar refractivity (Wildman–Crippen MR) is 81.8 cm³/mol. The molecule has 0 bridgehead atoms. The molecule has 1 fully saturated rings. The molecule has 2 rings (SSSR count). The molecule has 9 heteroatoms. The molecule has 22 heavy (non-hydrogen) atoms. The topological polar surface area (TPSA) is 101 Å². The normalized spacial score (nSPS) is 20.7. The van der Waals surface area contributed by atoms with Crippen molar-refractivity contribution in [2.45, 2.75) is 17.4 Å². The Kier molecular flexibility index (Phi) is 4.59. The summed E-state index contributed by atoms with van der Waals surface area (Å²) in [4.78, 5) is 13.2. The number of hydrogen-bond acceptors (Lipinski definition) is 5. The van der Waals surface area contributed by atoms with Crippen molar-refractivity contribution in [1.82, 2.24) is 9.62 Å². The lowest BCUT2D eigenvalue weighted by molar-refractivity contribution is 0.0827. The first kappa shape index (κ1) is 16.9. The third-order valence-corrected chi connectivity index (χ3v) is 6.68. The second-order valence-corrected chi connectivity index (χ2v) is 9.39. The Morgan fingerprint density at radius 3 is 2.27 bits per heavy atom. The Morgan fingerprint density at radius 2 is 1.82 bits per heavy atom. The lowest BCUT2D eigenvalue weighted by Gasteiger charge is -2.13. The highest BCUT2D eigenvalue weighted by atomic mass is 32.2. The van der Waals surface area contributed by atoms with Crippen LogP contribution >= 0.6 is 0 Å². The molecule has 1 amide bonds. The van der Waals surface area contributed by atoms with Gasteiger partial charge < -0.3 is 4.90 Å². The smallest absolute Gasteiger partial charge is 0.253 e. The number of amides is 1. The van der Waals surface area contributed by atoms with Gasteiger partial charge in [0.05, 0.1) is 16.4 Å². The fourth-order valence-electron chi connectivity index (χ4n) is 2.21. The maximum absolute atomic E-state index is 12.2. The number of carbonyl (C=O) groups excluding carboxylic acids is 1. The summed E-state index contributed by atoms with van der Waals surface area (Å²) < 4.78 is 49.6. The monoisotopic (exact) mass is 346 g/mol. The van der Waals surface area contributed by atoms with Crippen molar-refractivity contribution in [3.05, 3.63) is 29.8 Å². The molecular formula is C13H18N2O5S2. The molecule has 7 nitrogen and oxygen atoms in total. The van der Waals surface area contributed by atoms with Gasteiger partial charge in [0.25, 0.3) is 5.91 Å². The van der Waals surface area contributed by atoms with Gasteiger partial charge in [-0.2, -0.15) is 0 Å². The van der Waals surface area contributed by atoms with Crippen LogP contribution in [0.5, 0.6) is 0 Å². The number of sulfonamides is 1. The van der Waals surface area contributed by atoms with E-state index in [0.29, 0.717) is 5.56 Å². The van der Waals surface area contributed by atoms with Gasteiger partial charge in [-0.25, -0.2) is 21.6 Å². The van der Waals surface area contributed by atoms with E-state index in [1.807, 2.05) is 0 Å². The van der Waals surface area contributed by atoms with Crippen molar-refractivity contribution < 1.29 is 21.6 Å². The fraction of sp³-hybridized carbons (Fsp3) is 0.462. The van der Waals surface area contributed by atoms with Crippen molar-refractivity contribution in [2.75, 3.05) is 25.6 Å². The standard InChI is InChI=1S/C13H18N2O5S2/c1-15(2)13(16)10-3-5-12(6-4-10)22(19,20)14-11-7-8-21(17,18)9-11/h3-6,11,14H,7-9H2,1-2H3. The molecule has 1 N–H and O–H groups in total. The van der Waals surface area contributed by atoms with E-state index in [1.165, 1.54) is 29.2 Å². The van der Waals surface area contributed by atoms with Crippen molar-refractivity contribution in [2.24, 2.45) is 0 Å². The minimum Gasteiger partial charge on any atom is -0.345 e. The summed E-state index contributed by atoms with van der Waals surface area (Å²) >= 11 is 0. The van der Waals surface area contributed by atoms with Crippen molar-refractivity contribution in [1.29, 1.82) is 0 Å². The van der Waals surface area contributed by atoms with Gasteiger partial charge in [0.1, 0.15) is 0 Å². The molecular weight excluding hydrogens is 328 g/mol. The van der Waals surface area contributed by atoms with Crippen LogP contribution in [0.1, 0.15) is 16.8 Å². The molecule has 1 unspecified atom stereocenters. The van der Waals surface area contributed by atoms with Crippen LogP contribution in [0.3, 0.4) is 0 Å². The van der Waals surface area contributed by atoms with Gasteiger partial charge in [0.15, 0.2) is 9.84 Å². The lowest BCUT2D eigenvalue weighted by atomic mass is 10.2. The summed E-state index contributed by atoms with van der Waals surface area (Å²) in [5, 5.41) is 0. The highest BCUT2D eigenvalue weighted by Gasteiger charge is 2.31. The van der Waals surface area contributed by atoms with Crippen molar-refractivity contribution >= 4 is 25.8 Å². The average Bonchev–Trinajstić information content (AvgIpc) is 2.76. The van der Waals surface area contributed by atoms with Crippen molar-refractivity contribution in [3.8, 4) is 0 Å². The van der Waals surface area contributed by atoms with E-state index in [9.17, 15) is 21.6 Å². The zero-order chi connectivity index (χ0) is 16.5. The van der Waals surface area contributed by atoms with Gasteiger partial charge in [-0.3, -0.25) is 4.79 Å². The predicted octanol–water partition coefficient (Wildman–Crippen LogP) is -0.146. The number of benzene rings is 1. The Bertz CT molecular complexity index is 767. The van der Waals surface area contributed by atoms with Crippen LogP contribution in [-0.2, 0) is 19.9 Å². The van der Waals surface area contributed by atoms with Gasteiger partial charge in [-0.05, 0) is 30.7 Å². The van der Waals surface area contributed by atoms with Crippen LogP contribution in [-0.4, -0.2) is 59.3 Å². The Labute approximate surface area is 130 Å². The third kappa shape index (κ3) is 3.84. The van der Waals surface area contributed by atoms with Gasteiger partial charge in [-0.15, -0.1) is 0 Å². The van der Waals surface area contributed by atoms with Gasteiger partial charge in [-0.1, -0.05) is 0 Å². The molecule has 1 atom stereocenters. The van der Waals surface area contributed by atoms with Gasteiger partial charge in [0, 0.05) is 25.7 Å². The van der Waals surface area contributed by atoms with E-state index in [4.69, 9.17) is 0 Å². The average molecular weight is 346 g/mol. The number of sulfone groups is 1. The minimum atomic E-state index is -3.80. The van der Waals surface area contributed by atoms with Crippen LogP contribution < -0.4 is 4.72 Å². The number of nitrogens with one attached hydrogen (secondary N) is 1. The van der Waals surface area contributed by atoms with E-state index >= 15 is 0 Å². The first-order valence-electron chi connectivity index (χ1n) is 6.65. The van der Waals surface area contributed by atoms with Crippen LogP contribution in [0.2, 0.25) is 0 Å². The Balaban J connectivity index is 2.15. The summed E-state index contributed by atoms with van der Waals surface area (Å²) in [5.74, 6) is -0.404. The molecule has 0 aliphatic carbocycles. The third-order valence-electron chi connectivity index (χ3n) is 3.37. The first-order valence-corrected chi connectivity index (χ1v) is 9.96. The highest BCUT2D eigenvalue weighted by Crippen LogP contribution is 2.16. The molecule has 122 valence electrons. The lowest BCUT2D eigenvalue weighted by Crippen LogP contribution is -2.35. The Hall–Kier alpha value is -1.45. The number of hydrogen-bond donors (Lipinski definition) is 1. The van der Waals surface area contributed by atoms with Crippen LogP contribution in [0, 0.1) is 0 Å². The molecule has 1 aromatic carbocycles. The molecule has 1 heterocycles. The minimum absolute atomic E-state index is 0.00351. The number of rotatable bonds is 4. The van der Waals surface area contributed by atoms with E-state index < -0.39 is 25.9 Å². The highest BCUT2D eigenvalue weighted by molar-refractivity contribution is 7.92. The maximum atomic E-state index is 12.2. The largest absolute Gasteiger partial charge is 0.345 e. The summed E-state index contributed by atoms with van der Waals surface area (Å²) in [6.07, 6.45) is 0.277. The molecule has 0 radical (unpaired) electrons. The van der Waals surface area contributed by atoms with Crippen LogP contribution in [0.15, 0.2) is 29.2 Å². The molecule has 1 aliphatic rings. The van der Waals surface area contributed by atoms with E-state index in [2.05, 4.69) is 4.72 Å². The van der Waals surface area contributed by atoms with Crippen molar-refractivity contribution in [3.63, 3.8) is 0 Å². The zero-order valence-electron chi connectivity index (χ0n) is 12.3. The molecule has 0 aromatic heterocycles. The molecule has 1 aromatic rings. The second-order valence-electron chi connectivity index (χ2n) is 5.45. The van der Waals surface area contributed by atoms with Gasteiger partial charge >= 0.3 is 0 Å². The summed E-state index contributed by atoms with van der Waals surface area (Å²) in [7, 11) is -3.74. The van der Waals surface area contributed by atoms with E-state index in [1.54, 1.807) is 14.1 Å². The first-order chi connectivity index (χ1) is 10.1. The number of nitrogens with zero attached hydrogens (tertiary/aromatic N) is 1.